The van der Waals surface area contributed by atoms with Gasteiger partial charge >= 0.3 is 6.18 Å². The minimum atomic E-state index is -4.55. The summed E-state index contributed by atoms with van der Waals surface area (Å²) in [5.74, 6) is 0.0169. The number of hydrazine groups is 1. The van der Waals surface area contributed by atoms with Crippen LogP contribution in [0.15, 0.2) is 12.1 Å². The van der Waals surface area contributed by atoms with Crippen molar-refractivity contribution in [2.45, 2.75) is 75.0 Å². The van der Waals surface area contributed by atoms with Gasteiger partial charge in [-0.05, 0) is 50.8 Å². The van der Waals surface area contributed by atoms with Gasteiger partial charge in [0.15, 0.2) is 0 Å². The number of alkyl halides is 3. The Balaban J connectivity index is 1.34. The molecule has 3 aliphatic rings. The van der Waals surface area contributed by atoms with Crippen LogP contribution in [0.3, 0.4) is 0 Å². The van der Waals surface area contributed by atoms with Crippen LogP contribution in [0.25, 0.3) is 0 Å². The highest BCUT2D eigenvalue weighted by molar-refractivity contribution is 5.27. The van der Waals surface area contributed by atoms with Crippen molar-refractivity contribution in [1.29, 1.82) is 5.26 Å². The summed E-state index contributed by atoms with van der Waals surface area (Å²) in [6.07, 6.45) is -0.810. The van der Waals surface area contributed by atoms with Crippen LogP contribution in [-0.2, 0) is 12.7 Å². The van der Waals surface area contributed by atoms with E-state index in [1.807, 2.05) is 4.90 Å². The summed E-state index contributed by atoms with van der Waals surface area (Å²) in [4.78, 5) is 8.06. The quantitative estimate of drug-likeness (QED) is 0.485. The summed E-state index contributed by atoms with van der Waals surface area (Å²) >= 11 is 0. The van der Waals surface area contributed by atoms with Crippen LogP contribution in [0.4, 0.5) is 13.2 Å². The van der Waals surface area contributed by atoms with Gasteiger partial charge in [-0.15, -0.1) is 0 Å². The van der Waals surface area contributed by atoms with Crippen LogP contribution in [-0.4, -0.2) is 76.9 Å². The molecule has 2 saturated heterocycles. The zero-order valence-electron chi connectivity index (χ0n) is 19.4. The SMILES string of the molecule is CNNC1(CC#N)CN(C2CCC(Oc3cc(CN4CC[C@H](O)C4)cc(C(F)(F)F)n3)CC2)C1. The first-order valence-electron chi connectivity index (χ1n) is 11.9. The number of ether oxygens (including phenoxy) is 1. The van der Waals surface area contributed by atoms with Crippen molar-refractivity contribution in [3.63, 3.8) is 0 Å². The monoisotopic (exact) mass is 482 g/mol. The first-order chi connectivity index (χ1) is 16.2. The molecule has 0 aromatic carbocycles. The summed E-state index contributed by atoms with van der Waals surface area (Å²) in [5, 5.41) is 18.8. The number of aliphatic hydroxyl groups excluding tert-OH is 1. The lowest BCUT2D eigenvalue weighted by molar-refractivity contribution is -0.141. The van der Waals surface area contributed by atoms with Gasteiger partial charge in [-0.2, -0.15) is 18.4 Å². The lowest BCUT2D eigenvalue weighted by atomic mass is 9.82. The predicted octanol–water partition coefficient (Wildman–Crippen LogP) is 2.05. The van der Waals surface area contributed by atoms with Crippen molar-refractivity contribution in [3.05, 3.63) is 23.4 Å². The summed E-state index contributed by atoms with van der Waals surface area (Å²) in [6, 6.07) is 5.30. The molecule has 188 valence electrons. The molecule has 0 radical (unpaired) electrons. The molecule has 4 rings (SSSR count). The van der Waals surface area contributed by atoms with Crippen LogP contribution in [0, 0.1) is 11.3 Å². The molecule has 1 aliphatic carbocycles. The Morgan fingerprint density at radius 3 is 2.56 bits per heavy atom. The molecule has 8 nitrogen and oxygen atoms in total. The highest BCUT2D eigenvalue weighted by Gasteiger charge is 2.46. The normalized spacial score (nSPS) is 27.8. The highest BCUT2D eigenvalue weighted by atomic mass is 19.4. The fourth-order valence-corrected chi connectivity index (χ4v) is 5.41. The van der Waals surface area contributed by atoms with Crippen molar-refractivity contribution < 1.29 is 23.0 Å². The van der Waals surface area contributed by atoms with Gasteiger partial charge in [-0.3, -0.25) is 15.2 Å². The molecule has 3 N–H and O–H groups in total. The number of hydrogen-bond donors (Lipinski definition) is 3. The fraction of sp³-hybridized carbons (Fsp3) is 0.739. The third-order valence-electron chi connectivity index (χ3n) is 7.07. The molecule has 0 unspecified atom stereocenters. The molecule has 0 spiro atoms. The molecular weight excluding hydrogens is 449 g/mol. The van der Waals surface area contributed by atoms with E-state index in [-0.39, 0.29) is 17.5 Å². The largest absolute Gasteiger partial charge is 0.474 e. The van der Waals surface area contributed by atoms with Crippen LogP contribution in [0.5, 0.6) is 5.88 Å². The second-order valence-corrected chi connectivity index (χ2v) is 9.82. The standard InChI is InChI=1S/C23H33F3N6O2/c1-28-30-22(7-8-27)14-32(15-22)17-2-4-19(5-3-17)34-21-11-16(10-20(29-21)23(24,25)26)12-31-9-6-18(33)13-31/h10-11,17-19,28,30,33H,2-7,9,12-15H2,1H3/t17?,18-,19?/m0/s1. The molecule has 2 aliphatic heterocycles. The Morgan fingerprint density at radius 1 is 1.24 bits per heavy atom. The number of aromatic nitrogens is 1. The lowest BCUT2D eigenvalue weighted by Gasteiger charge is -2.53. The van der Waals surface area contributed by atoms with Gasteiger partial charge in [0.05, 0.1) is 24.1 Å². The van der Waals surface area contributed by atoms with E-state index in [9.17, 15) is 18.3 Å². The molecule has 0 bridgehead atoms. The van der Waals surface area contributed by atoms with Gasteiger partial charge in [0.1, 0.15) is 11.8 Å². The average molecular weight is 483 g/mol. The Hall–Kier alpha value is -1.97. The number of likely N-dealkylation sites (tertiary alicyclic amines) is 2. The Morgan fingerprint density at radius 2 is 1.97 bits per heavy atom. The van der Waals surface area contributed by atoms with E-state index in [1.54, 1.807) is 13.1 Å². The highest BCUT2D eigenvalue weighted by Crippen LogP contribution is 2.35. The topological polar surface area (TPSA) is 96.7 Å². The predicted molar refractivity (Wildman–Crippen MR) is 119 cm³/mol. The molecule has 1 atom stereocenters. The van der Waals surface area contributed by atoms with Gasteiger partial charge < -0.3 is 9.84 Å². The molecule has 0 amide bonds. The number of aliphatic hydroxyl groups is 1. The molecule has 34 heavy (non-hydrogen) atoms. The third kappa shape index (κ3) is 5.98. The third-order valence-corrected chi connectivity index (χ3v) is 7.07. The van der Waals surface area contributed by atoms with Gasteiger partial charge in [0.25, 0.3) is 0 Å². The Labute approximate surface area is 198 Å². The number of pyridine rings is 1. The minimum Gasteiger partial charge on any atom is -0.474 e. The van der Waals surface area contributed by atoms with Crippen molar-refractivity contribution in [1.82, 2.24) is 25.6 Å². The number of nitrogens with one attached hydrogen (secondary N) is 2. The van der Waals surface area contributed by atoms with E-state index >= 15 is 0 Å². The first kappa shape index (κ1) is 25.1. The molecular formula is C23H33F3N6O2. The smallest absolute Gasteiger partial charge is 0.433 e. The number of nitriles is 1. The van der Waals surface area contributed by atoms with Crippen molar-refractivity contribution in [3.8, 4) is 11.9 Å². The van der Waals surface area contributed by atoms with Crippen LogP contribution >= 0.6 is 0 Å². The Kier molecular flexibility index (Phi) is 7.64. The maximum Gasteiger partial charge on any atom is 0.433 e. The van der Waals surface area contributed by atoms with Crippen LogP contribution < -0.4 is 15.6 Å². The second kappa shape index (κ2) is 10.3. The molecule has 3 fully saturated rings. The molecule has 1 aromatic rings. The van der Waals surface area contributed by atoms with Crippen LogP contribution in [0.1, 0.15) is 49.8 Å². The summed E-state index contributed by atoms with van der Waals surface area (Å²) in [6.45, 7) is 3.02. The summed E-state index contributed by atoms with van der Waals surface area (Å²) < 4.78 is 46.3. The zero-order valence-corrected chi connectivity index (χ0v) is 19.4. The lowest BCUT2D eigenvalue weighted by Crippen LogP contribution is -2.73. The number of rotatable bonds is 8. The van der Waals surface area contributed by atoms with E-state index in [2.05, 4.69) is 26.8 Å². The van der Waals surface area contributed by atoms with Gasteiger partial charge in [0.2, 0.25) is 5.88 Å². The molecule has 1 aromatic heterocycles. The van der Waals surface area contributed by atoms with E-state index in [0.29, 0.717) is 44.1 Å². The number of halogens is 3. The average Bonchev–Trinajstić information content (AvgIpc) is 3.16. The van der Waals surface area contributed by atoms with Crippen molar-refractivity contribution in [2.75, 3.05) is 33.2 Å². The fourth-order valence-electron chi connectivity index (χ4n) is 5.41. The first-order valence-corrected chi connectivity index (χ1v) is 11.9. The van der Waals surface area contributed by atoms with Gasteiger partial charge in [-0.1, -0.05) is 0 Å². The van der Waals surface area contributed by atoms with E-state index < -0.39 is 18.0 Å². The number of nitrogens with zero attached hydrogens (tertiary/aromatic N) is 4. The van der Waals surface area contributed by atoms with Crippen molar-refractivity contribution >= 4 is 0 Å². The van der Waals surface area contributed by atoms with Crippen molar-refractivity contribution in [2.24, 2.45) is 0 Å². The summed E-state index contributed by atoms with van der Waals surface area (Å²) in [5.41, 5.74) is 5.47. The van der Waals surface area contributed by atoms with E-state index in [1.165, 1.54) is 0 Å². The van der Waals surface area contributed by atoms with E-state index in [4.69, 9.17) is 10.00 Å². The minimum absolute atomic E-state index is 0.0169. The van der Waals surface area contributed by atoms with Crippen LogP contribution in [0.2, 0.25) is 0 Å². The number of β-amino-alcohol motifs (C(OH)–C–C–N with tert-alkyl or cyclic N) is 1. The van der Waals surface area contributed by atoms with Gasteiger partial charge in [0, 0.05) is 44.8 Å². The molecule has 1 saturated carbocycles. The van der Waals surface area contributed by atoms with E-state index in [0.717, 1.165) is 44.8 Å². The Bertz CT molecular complexity index is 878. The summed E-state index contributed by atoms with van der Waals surface area (Å²) in [7, 11) is 1.80. The van der Waals surface area contributed by atoms with Gasteiger partial charge in [-0.25, -0.2) is 10.4 Å². The second-order valence-electron chi connectivity index (χ2n) is 9.82. The number of hydrogen-bond acceptors (Lipinski definition) is 8. The molecule has 11 heteroatoms. The molecule has 3 heterocycles. The maximum absolute atomic E-state index is 13.5. The maximum atomic E-state index is 13.5. The zero-order chi connectivity index (χ0) is 24.3.